The molecule has 0 radical (unpaired) electrons. The summed E-state index contributed by atoms with van der Waals surface area (Å²) in [7, 11) is 1.59. The highest BCUT2D eigenvalue weighted by molar-refractivity contribution is 9.10. The van der Waals surface area contributed by atoms with Gasteiger partial charge in [0.1, 0.15) is 28.2 Å². The van der Waals surface area contributed by atoms with Gasteiger partial charge in [-0.25, -0.2) is 9.97 Å². The molecule has 0 saturated carbocycles. The molecule has 0 spiro atoms. The highest BCUT2D eigenvalue weighted by Gasteiger charge is 2.16. The number of anilines is 1. The first-order valence-corrected chi connectivity index (χ1v) is 9.69. The molecule has 0 bridgehead atoms. The number of nitrogens with zero attached hydrogens (tertiary/aromatic N) is 1. The lowest BCUT2D eigenvalue weighted by molar-refractivity contribution is -0.376. The summed E-state index contributed by atoms with van der Waals surface area (Å²) >= 11 is 3.42. The van der Waals surface area contributed by atoms with E-state index in [2.05, 4.69) is 41.2 Å². The number of H-pyrrole nitrogens is 3. The van der Waals surface area contributed by atoms with Gasteiger partial charge in [0.05, 0.1) is 23.4 Å². The number of rotatable bonds is 6. The topological polar surface area (TPSA) is 117 Å². The molecule has 0 aliphatic rings. The zero-order chi connectivity index (χ0) is 20.4. The number of nitrogens with one attached hydrogen (secondary N) is 4. The van der Waals surface area contributed by atoms with Gasteiger partial charge in [0.2, 0.25) is 0 Å². The van der Waals surface area contributed by atoms with Crippen LogP contribution < -0.4 is 20.6 Å². The lowest BCUT2D eigenvalue weighted by atomic mass is 10.1. The van der Waals surface area contributed by atoms with Gasteiger partial charge in [-0.15, -0.1) is 0 Å². The number of halogens is 1. The normalized spacial score (nSPS) is 12.1. The molecule has 9 heteroatoms. The van der Waals surface area contributed by atoms with E-state index in [-0.39, 0.29) is 12.1 Å². The van der Waals surface area contributed by atoms with Crippen LogP contribution in [0.25, 0.3) is 22.4 Å². The Kier molecular flexibility index (Phi) is 5.32. The van der Waals surface area contributed by atoms with Crippen molar-refractivity contribution in [1.29, 1.82) is 0 Å². The molecule has 1 aromatic carbocycles. The molecule has 0 aliphatic heterocycles. The second kappa shape index (κ2) is 8.06. The zero-order valence-electron chi connectivity index (χ0n) is 15.5. The molecule has 8 nitrogen and oxygen atoms in total. The third kappa shape index (κ3) is 3.87. The van der Waals surface area contributed by atoms with Crippen LogP contribution in [-0.2, 0) is 0 Å². The Balaban J connectivity index is 1.60. The number of methoxy groups -OCH3 is 1. The van der Waals surface area contributed by atoms with Gasteiger partial charge in [0, 0.05) is 18.8 Å². The van der Waals surface area contributed by atoms with Crippen molar-refractivity contribution in [2.75, 3.05) is 19.0 Å². The Hall–Kier alpha value is -3.17. The summed E-state index contributed by atoms with van der Waals surface area (Å²) in [6, 6.07) is 8.95. The van der Waals surface area contributed by atoms with Crippen molar-refractivity contribution in [1.82, 2.24) is 15.0 Å². The third-order valence-electron chi connectivity index (χ3n) is 4.57. The predicted molar refractivity (Wildman–Crippen MR) is 113 cm³/mol. The van der Waals surface area contributed by atoms with Gasteiger partial charge < -0.3 is 25.1 Å². The van der Waals surface area contributed by atoms with E-state index in [9.17, 15) is 9.90 Å². The fourth-order valence-corrected chi connectivity index (χ4v) is 3.65. The van der Waals surface area contributed by atoms with Gasteiger partial charge >= 0.3 is 0 Å². The minimum Gasteiger partial charge on any atom is -0.496 e. The van der Waals surface area contributed by atoms with E-state index in [1.165, 1.54) is 0 Å². The summed E-state index contributed by atoms with van der Waals surface area (Å²) < 4.78 is 5.97. The average Bonchev–Trinajstić information content (AvgIpc) is 3.15. The van der Waals surface area contributed by atoms with Crippen LogP contribution in [0.15, 0.2) is 58.2 Å². The highest BCUT2D eigenvalue weighted by atomic mass is 79.9. The smallest absolute Gasteiger partial charge is 0.261 e. The Morgan fingerprint density at radius 3 is 2.97 bits per heavy atom. The van der Waals surface area contributed by atoms with Crippen LogP contribution >= 0.6 is 15.9 Å². The number of fused-ring (bicyclic) bond motifs is 1. The predicted octanol–water partition coefficient (Wildman–Crippen LogP) is 2.65. The standard InChI is InChI=1S/C20H18BrN5O3/c1-29-17-3-2-11(8-12(17)21)16(27)10-24-14-5-7-23-20(28)18(14)19-25-13-4-6-22-9-15(13)26-19/h2-9,16,27H,10H2,1H3,(H,25,26)(H2,23,24,28)/p+1. The molecule has 29 heavy (non-hydrogen) atoms. The van der Waals surface area contributed by atoms with Crippen LogP contribution in [0.2, 0.25) is 0 Å². The molecule has 4 rings (SSSR count). The van der Waals surface area contributed by atoms with Crippen molar-refractivity contribution in [3.05, 3.63) is 69.3 Å². The number of hydrogen-bond acceptors (Lipinski definition) is 5. The quantitative estimate of drug-likeness (QED) is 0.355. The summed E-state index contributed by atoms with van der Waals surface area (Å²) in [5.74, 6) is 1.14. The molecule has 3 aromatic heterocycles. The highest BCUT2D eigenvalue weighted by Crippen LogP contribution is 2.29. The maximum atomic E-state index is 12.5. The van der Waals surface area contributed by atoms with Gasteiger partial charge in [-0.2, -0.15) is 0 Å². The number of pyridine rings is 2. The first-order chi connectivity index (χ1) is 14.1. The van der Waals surface area contributed by atoms with E-state index < -0.39 is 6.10 Å². The first kappa shape index (κ1) is 19.2. The maximum Gasteiger partial charge on any atom is 0.261 e. The summed E-state index contributed by atoms with van der Waals surface area (Å²) in [6.45, 7) is 0.212. The van der Waals surface area contributed by atoms with Crippen molar-refractivity contribution >= 4 is 32.7 Å². The molecule has 1 unspecified atom stereocenters. The summed E-state index contributed by atoms with van der Waals surface area (Å²) in [5, 5.41) is 13.7. The Morgan fingerprint density at radius 1 is 1.34 bits per heavy atom. The molecule has 3 heterocycles. The van der Waals surface area contributed by atoms with E-state index in [0.29, 0.717) is 22.8 Å². The SMILES string of the molecule is COc1ccc(C(O)CNc2cc[nH]c(=O)c2-c2nc3cc[nH+]cc3[nH]2)cc1Br. The van der Waals surface area contributed by atoms with Crippen molar-refractivity contribution in [3.8, 4) is 17.1 Å². The van der Waals surface area contributed by atoms with E-state index >= 15 is 0 Å². The summed E-state index contributed by atoms with van der Waals surface area (Å²) in [4.78, 5) is 25.8. The minimum absolute atomic E-state index is 0.212. The van der Waals surface area contributed by atoms with Crippen molar-refractivity contribution in [2.45, 2.75) is 6.10 Å². The number of aromatic nitrogens is 4. The second-order valence-electron chi connectivity index (χ2n) is 6.41. The fourth-order valence-electron chi connectivity index (χ4n) is 3.09. The summed E-state index contributed by atoms with van der Waals surface area (Å²) in [5.41, 5.74) is 2.93. The molecule has 0 amide bonds. The van der Waals surface area contributed by atoms with Crippen LogP contribution in [0.1, 0.15) is 11.7 Å². The Labute approximate surface area is 174 Å². The van der Waals surface area contributed by atoms with E-state index in [0.717, 1.165) is 21.1 Å². The molecular formula is C20H19BrN5O3+. The molecular weight excluding hydrogens is 438 g/mol. The molecule has 5 N–H and O–H groups in total. The van der Waals surface area contributed by atoms with Crippen LogP contribution in [-0.4, -0.2) is 33.7 Å². The fraction of sp³-hybridized carbons (Fsp3) is 0.150. The van der Waals surface area contributed by atoms with Crippen molar-refractivity contribution in [2.24, 2.45) is 0 Å². The number of aliphatic hydroxyl groups excluding tert-OH is 1. The van der Waals surface area contributed by atoms with Gasteiger partial charge in [-0.1, -0.05) is 6.07 Å². The van der Waals surface area contributed by atoms with Crippen LogP contribution in [0, 0.1) is 0 Å². The number of aliphatic hydroxyl groups is 1. The number of imidazole rings is 1. The molecule has 0 fully saturated rings. The molecule has 1 atom stereocenters. The second-order valence-corrected chi connectivity index (χ2v) is 7.27. The monoisotopic (exact) mass is 456 g/mol. The van der Waals surface area contributed by atoms with Crippen molar-refractivity contribution in [3.63, 3.8) is 0 Å². The van der Waals surface area contributed by atoms with Gasteiger partial charge in [-0.3, -0.25) is 4.79 Å². The molecule has 0 saturated heterocycles. The number of benzene rings is 1. The third-order valence-corrected chi connectivity index (χ3v) is 5.19. The van der Waals surface area contributed by atoms with Crippen LogP contribution in [0.4, 0.5) is 5.69 Å². The maximum absolute atomic E-state index is 12.5. The number of aromatic amines is 3. The van der Waals surface area contributed by atoms with Gasteiger partial charge in [0.15, 0.2) is 12.4 Å². The Bertz CT molecular complexity index is 1190. The van der Waals surface area contributed by atoms with Crippen molar-refractivity contribution < 1.29 is 14.8 Å². The largest absolute Gasteiger partial charge is 0.496 e. The van der Waals surface area contributed by atoms with Gasteiger partial charge in [0.25, 0.3) is 5.56 Å². The average molecular weight is 457 g/mol. The van der Waals surface area contributed by atoms with E-state index in [4.69, 9.17) is 4.74 Å². The minimum atomic E-state index is -0.783. The summed E-state index contributed by atoms with van der Waals surface area (Å²) in [6.07, 6.45) is 4.32. The van der Waals surface area contributed by atoms with Crippen LogP contribution in [0.5, 0.6) is 5.75 Å². The van der Waals surface area contributed by atoms with Crippen LogP contribution in [0.3, 0.4) is 0 Å². The zero-order valence-corrected chi connectivity index (χ0v) is 17.1. The number of ether oxygens (including phenoxy) is 1. The van der Waals surface area contributed by atoms with E-state index in [1.54, 1.807) is 50.0 Å². The lowest BCUT2D eigenvalue weighted by Gasteiger charge is -2.16. The first-order valence-electron chi connectivity index (χ1n) is 8.90. The number of hydrogen-bond donors (Lipinski definition) is 4. The van der Waals surface area contributed by atoms with Gasteiger partial charge in [-0.05, 0) is 39.7 Å². The molecule has 4 aromatic rings. The Morgan fingerprint density at radius 2 is 2.21 bits per heavy atom. The molecule has 0 aliphatic carbocycles. The molecule has 148 valence electrons. The lowest BCUT2D eigenvalue weighted by Crippen LogP contribution is -2.17. The van der Waals surface area contributed by atoms with E-state index in [1.807, 2.05) is 6.07 Å².